The van der Waals surface area contributed by atoms with Gasteiger partial charge in [-0.25, -0.2) is 0 Å². The van der Waals surface area contributed by atoms with Crippen molar-refractivity contribution in [3.8, 4) is 0 Å². The van der Waals surface area contributed by atoms with Crippen LogP contribution in [0.5, 0.6) is 0 Å². The molecule has 33 heavy (non-hydrogen) atoms. The molecule has 0 amide bonds. The first-order valence-electron chi connectivity index (χ1n) is 12.5. The fourth-order valence-electron chi connectivity index (χ4n) is 5.61. The van der Waals surface area contributed by atoms with E-state index >= 15 is 0 Å². The van der Waals surface area contributed by atoms with Gasteiger partial charge in [-0.1, -0.05) is 19.4 Å². The number of nitrogens with zero attached hydrogens (tertiary/aromatic N) is 1. The van der Waals surface area contributed by atoms with E-state index < -0.39 is 0 Å². The molecule has 4 aromatic rings. The lowest BCUT2D eigenvalue weighted by atomic mass is 9.89. The van der Waals surface area contributed by atoms with E-state index in [-0.39, 0.29) is 0 Å². The number of H-pyrrole nitrogens is 2. The Morgan fingerprint density at radius 3 is 2.52 bits per heavy atom. The van der Waals surface area contributed by atoms with E-state index in [0.29, 0.717) is 11.8 Å². The molecule has 5 heteroatoms. The molecule has 5 nitrogen and oxygen atoms in total. The number of piperidine rings is 1. The first-order valence-corrected chi connectivity index (χ1v) is 12.5. The lowest BCUT2D eigenvalue weighted by molar-refractivity contribution is 0.256. The molecule has 2 aromatic carbocycles. The van der Waals surface area contributed by atoms with Gasteiger partial charge in [-0.3, -0.25) is 0 Å². The zero-order chi connectivity index (χ0) is 22.8. The van der Waals surface area contributed by atoms with E-state index in [4.69, 9.17) is 5.73 Å². The van der Waals surface area contributed by atoms with Gasteiger partial charge < -0.3 is 25.9 Å². The van der Waals surface area contributed by atoms with Crippen LogP contribution in [-0.2, 0) is 0 Å². The summed E-state index contributed by atoms with van der Waals surface area (Å²) in [5.41, 5.74) is 13.4. The van der Waals surface area contributed by atoms with Crippen LogP contribution in [0.4, 0.5) is 11.4 Å². The Kier molecular flexibility index (Phi) is 6.43. The van der Waals surface area contributed by atoms with Crippen LogP contribution in [-0.4, -0.2) is 41.5 Å². The van der Waals surface area contributed by atoms with Gasteiger partial charge >= 0.3 is 0 Å². The molecule has 0 saturated carbocycles. The number of nitrogens with one attached hydrogen (secondary N) is 3. The molecule has 1 saturated heterocycles. The predicted octanol–water partition coefficient (Wildman–Crippen LogP) is 6.43. The van der Waals surface area contributed by atoms with Gasteiger partial charge in [-0.2, -0.15) is 0 Å². The van der Waals surface area contributed by atoms with Gasteiger partial charge in [-0.05, 0) is 106 Å². The Balaban J connectivity index is 1.39. The lowest BCUT2D eigenvalue weighted by Gasteiger charge is -2.28. The Hall–Kier alpha value is -2.76. The normalized spacial score (nSPS) is 16.6. The van der Waals surface area contributed by atoms with Crippen molar-refractivity contribution in [2.45, 2.75) is 50.9 Å². The Bertz CT molecular complexity index is 1210. The van der Waals surface area contributed by atoms with Crippen molar-refractivity contribution in [2.24, 2.45) is 5.73 Å². The maximum atomic E-state index is 5.89. The summed E-state index contributed by atoms with van der Waals surface area (Å²) >= 11 is 0. The quantitative estimate of drug-likeness (QED) is 0.253. The van der Waals surface area contributed by atoms with Crippen molar-refractivity contribution < 1.29 is 0 Å². The third-order valence-electron chi connectivity index (χ3n) is 7.47. The number of fused-ring (bicyclic) bond motifs is 2. The summed E-state index contributed by atoms with van der Waals surface area (Å²) in [5, 5.41) is 6.31. The van der Waals surface area contributed by atoms with Crippen LogP contribution >= 0.6 is 0 Å². The lowest BCUT2D eigenvalue weighted by Crippen LogP contribution is -2.29. The first kappa shape index (κ1) is 22.1. The molecule has 1 fully saturated rings. The zero-order valence-corrected chi connectivity index (χ0v) is 20.0. The largest absolute Gasteiger partial charge is 0.361 e. The van der Waals surface area contributed by atoms with Gasteiger partial charge in [0, 0.05) is 45.6 Å². The third kappa shape index (κ3) is 4.53. The van der Waals surface area contributed by atoms with E-state index in [0.717, 1.165) is 24.3 Å². The molecule has 1 atom stereocenters. The van der Waals surface area contributed by atoms with E-state index in [9.17, 15) is 0 Å². The summed E-state index contributed by atoms with van der Waals surface area (Å²) in [5.74, 6) is 1.17. The SMILES string of the molecule is CCCC(CCN)c1c[nH]c2cc(Nc3ccc4[nH]cc(C5CCN(C)CC5)c4c3)ccc12. The van der Waals surface area contributed by atoms with Crippen LogP contribution in [0.25, 0.3) is 21.8 Å². The highest BCUT2D eigenvalue weighted by Crippen LogP contribution is 2.36. The van der Waals surface area contributed by atoms with Crippen molar-refractivity contribution in [3.63, 3.8) is 0 Å². The molecular weight excluding hydrogens is 406 g/mol. The van der Waals surface area contributed by atoms with Gasteiger partial charge in [0.25, 0.3) is 0 Å². The second-order valence-corrected chi connectivity index (χ2v) is 9.77. The van der Waals surface area contributed by atoms with E-state index in [1.165, 1.54) is 71.7 Å². The number of nitrogens with two attached hydrogens (primary N) is 1. The van der Waals surface area contributed by atoms with Gasteiger partial charge in [0.1, 0.15) is 0 Å². The van der Waals surface area contributed by atoms with E-state index in [1.807, 2.05) is 0 Å². The number of hydrogen-bond acceptors (Lipinski definition) is 3. The molecule has 0 spiro atoms. The number of anilines is 2. The molecule has 1 unspecified atom stereocenters. The van der Waals surface area contributed by atoms with Crippen LogP contribution < -0.4 is 11.1 Å². The highest BCUT2D eigenvalue weighted by molar-refractivity contribution is 5.90. The number of rotatable bonds is 8. The van der Waals surface area contributed by atoms with Crippen molar-refractivity contribution >= 4 is 33.2 Å². The summed E-state index contributed by atoms with van der Waals surface area (Å²) in [6.45, 7) is 5.34. The maximum Gasteiger partial charge on any atom is 0.0477 e. The van der Waals surface area contributed by atoms with Gasteiger partial charge in [0.2, 0.25) is 0 Å². The summed E-state index contributed by atoms with van der Waals surface area (Å²) in [6, 6.07) is 13.3. The Morgan fingerprint density at radius 2 is 1.73 bits per heavy atom. The molecule has 0 bridgehead atoms. The highest BCUT2D eigenvalue weighted by atomic mass is 15.1. The Labute approximate surface area is 196 Å². The smallest absolute Gasteiger partial charge is 0.0477 e. The molecule has 0 aliphatic carbocycles. The monoisotopic (exact) mass is 443 g/mol. The summed E-state index contributed by atoms with van der Waals surface area (Å²) < 4.78 is 0. The zero-order valence-electron chi connectivity index (χ0n) is 20.0. The molecule has 174 valence electrons. The Morgan fingerprint density at radius 1 is 0.970 bits per heavy atom. The minimum atomic E-state index is 0.529. The van der Waals surface area contributed by atoms with Crippen LogP contribution in [0.15, 0.2) is 48.8 Å². The molecule has 1 aliphatic rings. The third-order valence-corrected chi connectivity index (χ3v) is 7.47. The fourth-order valence-corrected chi connectivity index (χ4v) is 5.61. The van der Waals surface area contributed by atoms with Crippen molar-refractivity contribution in [1.82, 2.24) is 14.9 Å². The molecule has 3 heterocycles. The standard InChI is InChI=1S/C28H37N5/c1-3-4-19(9-12-29)25-17-31-28-16-22(5-7-23(25)28)32-21-6-8-27-24(15-21)26(18-30-27)20-10-13-33(2)14-11-20/h5-8,15-20,30-32H,3-4,9-14,29H2,1-2H3. The number of aromatic nitrogens is 2. The van der Waals surface area contributed by atoms with Crippen LogP contribution in [0.3, 0.4) is 0 Å². The molecule has 5 rings (SSSR count). The highest BCUT2D eigenvalue weighted by Gasteiger charge is 2.21. The molecule has 2 aromatic heterocycles. The molecule has 0 radical (unpaired) electrons. The van der Waals surface area contributed by atoms with Crippen LogP contribution in [0, 0.1) is 0 Å². The van der Waals surface area contributed by atoms with Crippen LogP contribution in [0.1, 0.15) is 62.0 Å². The minimum Gasteiger partial charge on any atom is -0.361 e. The fraction of sp³-hybridized carbons (Fsp3) is 0.429. The van der Waals surface area contributed by atoms with Crippen molar-refractivity contribution in [1.29, 1.82) is 0 Å². The number of aromatic amines is 2. The predicted molar refractivity (Wildman–Crippen MR) is 141 cm³/mol. The summed E-state index contributed by atoms with van der Waals surface area (Å²) in [6.07, 6.45) is 10.3. The van der Waals surface area contributed by atoms with E-state index in [1.54, 1.807) is 0 Å². The summed E-state index contributed by atoms with van der Waals surface area (Å²) in [7, 11) is 2.22. The average molecular weight is 444 g/mol. The number of likely N-dealkylation sites (tertiary alicyclic amines) is 1. The van der Waals surface area contributed by atoms with Crippen LogP contribution in [0.2, 0.25) is 0 Å². The number of hydrogen-bond donors (Lipinski definition) is 4. The van der Waals surface area contributed by atoms with Crippen molar-refractivity contribution in [2.75, 3.05) is 32.0 Å². The summed E-state index contributed by atoms with van der Waals surface area (Å²) in [4.78, 5) is 9.43. The minimum absolute atomic E-state index is 0.529. The van der Waals surface area contributed by atoms with Gasteiger partial charge in [0.05, 0.1) is 0 Å². The van der Waals surface area contributed by atoms with Gasteiger partial charge in [0.15, 0.2) is 0 Å². The molecule has 1 aliphatic heterocycles. The van der Waals surface area contributed by atoms with E-state index in [2.05, 4.69) is 82.9 Å². The second-order valence-electron chi connectivity index (χ2n) is 9.77. The van der Waals surface area contributed by atoms with Gasteiger partial charge in [-0.15, -0.1) is 0 Å². The molecular formula is C28H37N5. The number of benzene rings is 2. The average Bonchev–Trinajstić information content (AvgIpc) is 3.43. The maximum absolute atomic E-state index is 5.89. The molecule has 5 N–H and O–H groups in total. The van der Waals surface area contributed by atoms with Crippen molar-refractivity contribution in [3.05, 3.63) is 59.9 Å². The second kappa shape index (κ2) is 9.62. The topological polar surface area (TPSA) is 72.9 Å². The first-order chi connectivity index (χ1) is 16.2.